The highest BCUT2D eigenvalue weighted by atomic mass is 16.4. The Morgan fingerprint density at radius 2 is 1.71 bits per heavy atom. The molecule has 14 heavy (non-hydrogen) atoms. The van der Waals surface area contributed by atoms with Crippen molar-refractivity contribution in [3.05, 3.63) is 0 Å². The number of nitrogens with two attached hydrogens (primary N) is 1. The molecule has 0 aliphatic carbocycles. The third-order valence-corrected chi connectivity index (χ3v) is 2.36. The molecule has 0 fully saturated rings. The normalized spacial score (nSPS) is 16.0. The molecule has 4 N–H and O–H groups in total. The minimum absolute atomic E-state index is 0.246. The van der Waals surface area contributed by atoms with Crippen LogP contribution in [-0.4, -0.2) is 28.2 Å². The molecule has 0 aromatic heterocycles. The molecule has 0 saturated heterocycles. The average Bonchev–Trinajstić information content (AvgIpc) is 2.01. The van der Waals surface area contributed by atoms with Gasteiger partial charge >= 0.3 is 11.9 Å². The van der Waals surface area contributed by atoms with Gasteiger partial charge in [0.2, 0.25) is 0 Å². The third-order valence-electron chi connectivity index (χ3n) is 2.36. The Balaban J connectivity index is 4.47. The lowest BCUT2D eigenvalue weighted by molar-refractivity contribution is -0.146. The van der Waals surface area contributed by atoms with E-state index < -0.39 is 29.3 Å². The Kier molecular flexibility index (Phi) is 4.07. The van der Waals surface area contributed by atoms with Crippen molar-refractivity contribution < 1.29 is 19.8 Å². The summed E-state index contributed by atoms with van der Waals surface area (Å²) in [5.41, 5.74) is 4.73. The number of rotatable bonds is 5. The Morgan fingerprint density at radius 3 is 2.00 bits per heavy atom. The Labute approximate surface area is 82.9 Å². The minimum Gasteiger partial charge on any atom is -0.481 e. The Bertz CT molecular complexity index is 237. The van der Waals surface area contributed by atoms with Crippen molar-refractivity contribution in [2.45, 2.75) is 33.2 Å². The number of carboxylic acid groups (broad SMARTS) is 2. The SMILES string of the molecule is CC(CC(C)(C)C(N)C(=O)O)C(=O)O. The summed E-state index contributed by atoms with van der Waals surface area (Å²) in [6.45, 7) is 4.86. The van der Waals surface area contributed by atoms with Crippen molar-refractivity contribution in [1.29, 1.82) is 0 Å². The minimum atomic E-state index is -1.10. The summed E-state index contributed by atoms with van der Waals surface area (Å²) in [6.07, 6.45) is 0.246. The van der Waals surface area contributed by atoms with Crippen LogP contribution < -0.4 is 5.73 Å². The predicted molar refractivity (Wildman–Crippen MR) is 50.8 cm³/mol. The second kappa shape index (κ2) is 4.41. The zero-order valence-electron chi connectivity index (χ0n) is 8.65. The first-order chi connectivity index (χ1) is 6.18. The van der Waals surface area contributed by atoms with Crippen LogP contribution in [0.25, 0.3) is 0 Å². The number of aliphatic carboxylic acids is 2. The van der Waals surface area contributed by atoms with E-state index in [9.17, 15) is 9.59 Å². The number of hydrogen-bond donors (Lipinski definition) is 3. The van der Waals surface area contributed by atoms with E-state index in [1.807, 2.05) is 0 Å². The second-order valence-corrected chi connectivity index (χ2v) is 4.25. The van der Waals surface area contributed by atoms with Crippen molar-refractivity contribution in [1.82, 2.24) is 0 Å². The van der Waals surface area contributed by atoms with Gasteiger partial charge in [0.15, 0.2) is 0 Å². The summed E-state index contributed by atoms with van der Waals surface area (Å²) in [4.78, 5) is 21.2. The molecule has 0 aliphatic heterocycles. The molecule has 0 aromatic rings. The molecule has 2 unspecified atom stereocenters. The molecule has 0 heterocycles. The first kappa shape index (κ1) is 12.9. The maximum atomic E-state index is 10.6. The molecule has 5 heteroatoms. The summed E-state index contributed by atoms with van der Waals surface area (Å²) < 4.78 is 0. The fourth-order valence-electron chi connectivity index (χ4n) is 1.34. The van der Waals surface area contributed by atoms with Crippen LogP contribution in [0.3, 0.4) is 0 Å². The van der Waals surface area contributed by atoms with Gasteiger partial charge in [0.05, 0.1) is 5.92 Å². The lowest BCUT2D eigenvalue weighted by Gasteiger charge is -2.30. The van der Waals surface area contributed by atoms with Crippen LogP contribution in [0.1, 0.15) is 27.2 Å². The summed E-state index contributed by atoms with van der Waals surface area (Å²) in [5.74, 6) is -2.63. The molecule has 0 bridgehead atoms. The number of carbonyl (C=O) groups is 2. The van der Waals surface area contributed by atoms with E-state index in [-0.39, 0.29) is 6.42 Å². The van der Waals surface area contributed by atoms with Crippen molar-refractivity contribution in [2.24, 2.45) is 17.1 Å². The average molecular weight is 203 g/mol. The zero-order valence-corrected chi connectivity index (χ0v) is 8.65. The molecule has 0 rings (SSSR count). The molecular formula is C9H17NO4. The van der Waals surface area contributed by atoms with Crippen molar-refractivity contribution >= 4 is 11.9 Å². The van der Waals surface area contributed by atoms with Crippen LogP contribution in [-0.2, 0) is 9.59 Å². The summed E-state index contributed by atoms with van der Waals surface area (Å²) in [7, 11) is 0. The summed E-state index contributed by atoms with van der Waals surface area (Å²) in [5, 5.41) is 17.4. The van der Waals surface area contributed by atoms with E-state index in [0.29, 0.717) is 0 Å². The Hall–Kier alpha value is -1.10. The van der Waals surface area contributed by atoms with E-state index in [1.165, 1.54) is 0 Å². The van der Waals surface area contributed by atoms with Crippen LogP contribution in [0.5, 0.6) is 0 Å². The van der Waals surface area contributed by atoms with E-state index >= 15 is 0 Å². The third kappa shape index (κ3) is 3.33. The first-order valence-corrected chi connectivity index (χ1v) is 4.39. The number of carboxylic acids is 2. The van der Waals surface area contributed by atoms with Gasteiger partial charge in [0, 0.05) is 0 Å². The lowest BCUT2D eigenvalue weighted by Crippen LogP contribution is -2.45. The van der Waals surface area contributed by atoms with E-state index in [1.54, 1.807) is 20.8 Å². The first-order valence-electron chi connectivity index (χ1n) is 4.39. The smallest absolute Gasteiger partial charge is 0.321 e. The predicted octanol–water partition coefficient (Wildman–Crippen LogP) is 0.535. The van der Waals surface area contributed by atoms with Crippen molar-refractivity contribution in [2.75, 3.05) is 0 Å². The second-order valence-electron chi connectivity index (χ2n) is 4.25. The quantitative estimate of drug-likeness (QED) is 0.605. The summed E-state index contributed by atoms with van der Waals surface area (Å²) in [6, 6.07) is -1.04. The number of hydrogen-bond acceptors (Lipinski definition) is 3. The Morgan fingerprint density at radius 1 is 1.29 bits per heavy atom. The van der Waals surface area contributed by atoms with Crippen molar-refractivity contribution in [3.8, 4) is 0 Å². The maximum absolute atomic E-state index is 10.6. The standard InChI is InChI=1S/C9H17NO4/c1-5(7(11)12)4-9(2,3)6(10)8(13)14/h5-6H,4,10H2,1-3H3,(H,11,12)(H,13,14). The van der Waals surface area contributed by atoms with Gasteiger partial charge in [-0.05, 0) is 11.8 Å². The van der Waals surface area contributed by atoms with Gasteiger partial charge in [0.1, 0.15) is 6.04 Å². The van der Waals surface area contributed by atoms with E-state index in [4.69, 9.17) is 15.9 Å². The summed E-state index contributed by atoms with van der Waals surface area (Å²) >= 11 is 0. The monoisotopic (exact) mass is 203 g/mol. The van der Waals surface area contributed by atoms with Gasteiger partial charge in [-0.2, -0.15) is 0 Å². The highest BCUT2D eigenvalue weighted by molar-refractivity contribution is 5.74. The van der Waals surface area contributed by atoms with Crippen LogP contribution >= 0.6 is 0 Å². The topological polar surface area (TPSA) is 101 Å². The molecule has 82 valence electrons. The van der Waals surface area contributed by atoms with Gasteiger partial charge in [-0.3, -0.25) is 9.59 Å². The molecule has 0 aliphatic rings. The molecule has 5 nitrogen and oxygen atoms in total. The van der Waals surface area contributed by atoms with Crippen LogP contribution in [0.4, 0.5) is 0 Å². The van der Waals surface area contributed by atoms with Gasteiger partial charge in [0.25, 0.3) is 0 Å². The lowest BCUT2D eigenvalue weighted by atomic mass is 9.77. The van der Waals surface area contributed by atoms with Crippen molar-refractivity contribution in [3.63, 3.8) is 0 Å². The zero-order chi connectivity index (χ0) is 11.5. The molecule has 0 spiro atoms. The van der Waals surface area contributed by atoms with Gasteiger partial charge in [-0.15, -0.1) is 0 Å². The molecule has 0 amide bonds. The highest BCUT2D eigenvalue weighted by Gasteiger charge is 2.34. The van der Waals surface area contributed by atoms with E-state index in [0.717, 1.165) is 0 Å². The van der Waals surface area contributed by atoms with Crippen LogP contribution in [0, 0.1) is 11.3 Å². The maximum Gasteiger partial charge on any atom is 0.321 e. The molecule has 0 saturated carbocycles. The van der Waals surface area contributed by atoms with Gasteiger partial charge < -0.3 is 15.9 Å². The van der Waals surface area contributed by atoms with Gasteiger partial charge in [-0.1, -0.05) is 20.8 Å². The molecule has 2 atom stereocenters. The van der Waals surface area contributed by atoms with Crippen LogP contribution in [0.2, 0.25) is 0 Å². The molecule has 0 aromatic carbocycles. The van der Waals surface area contributed by atoms with Crippen LogP contribution in [0.15, 0.2) is 0 Å². The van der Waals surface area contributed by atoms with Gasteiger partial charge in [-0.25, -0.2) is 0 Å². The highest BCUT2D eigenvalue weighted by Crippen LogP contribution is 2.28. The molecule has 0 radical (unpaired) electrons. The fraction of sp³-hybridized carbons (Fsp3) is 0.778. The van der Waals surface area contributed by atoms with E-state index in [2.05, 4.69) is 0 Å². The fourth-order valence-corrected chi connectivity index (χ4v) is 1.34. The largest absolute Gasteiger partial charge is 0.481 e. The molecular weight excluding hydrogens is 186 g/mol.